The highest BCUT2D eigenvalue weighted by atomic mass is 16.2. The summed E-state index contributed by atoms with van der Waals surface area (Å²) in [7, 11) is 0. The van der Waals surface area contributed by atoms with Gasteiger partial charge in [0.05, 0.1) is 11.2 Å². The number of hydrogen-bond donors (Lipinski definition) is 3. The summed E-state index contributed by atoms with van der Waals surface area (Å²) in [5, 5.41) is 2.69. The average Bonchev–Trinajstić information content (AvgIpc) is 2.86. The number of hydrogen-bond acceptors (Lipinski definition) is 7. The summed E-state index contributed by atoms with van der Waals surface area (Å²) in [6, 6.07) is 7.51. The maximum Gasteiger partial charge on any atom is 0.354 e. The first kappa shape index (κ1) is 26.8. The molecule has 0 saturated carbocycles. The van der Waals surface area contributed by atoms with Crippen LogP contribution in [0.4, 0.5) is 10.6 Å². The average molecular weight is 511 g/mol. The molecule has 0 radical (unpaired) electrons. The number of urea groups is 1. The predicted octanol–water partition coefficient (Wildman–Crippen LogP) is 0.877. The van der Waals surface area contributed by atoms with Gasteiger partial charge in [-0.2, -0.15) is 4.98 Å². The molecule has 5 N–H and O–H groups in total. The fourth-order valence-electron chi connectivity index (χ4n) is 4.74. The highest BCUT2D eigenvalue weighted by Crippen LogP contribution is 2.18. The molecule has 3 heterocycles. The Hall–Kier alpha value is -3.28. The van der Waals surface area contributed by atoms with Crippen LogP contribution in [-0.4, -0.2) is 87.0 Å². The fraction of sp³-hybridized carbons (Fsp3) is 0.538. The van der Waals surface area contributed by atoms with Crippen LogP contribution in [-0.2, 0) is 11.3 Å². The molecule has 4 rings (SSSR count). The van der Waals surface area contributed by atoms with Crippen molar-refractivity contribution in [2.75, 3.05) is 44.6 Å². The molecule has 1 aromatic carbocycles. The minimum absolute atomic E-state index is 0.141. The van der Waals surface area contributed by atoms with Gasteiger partial charge in [0.1, 0.15) is 5.82 Å². The van der Waals surface area contributed by atoms with Gasteiger partial charge in [0.2, 0.25) is 5.91 Å². The van der Waals surface area contributed by atoms with Gasteiger partial charge < -0.3 is 21.3 Å². The van der Waals surface area contributed by atoms with E-state index in [4.69, 9.17) is 11.5 Å². The standard InChI is InChI=1S/C26H38N8O3/c1-18-16-21(5-4-19(18)17-31-9-6-20(27)7-10-31)34-11-8-22(30-25(34)37)29-24(36)33-14-12-32(13-15-33)23(35)26(2,3)28/h4-5,8,11,16,20H,6-7,9-10,12-15,17,27-28H2,1-3H3,(H,29,30,36,37). The maximum absolute atomic E-state index is 12.8. The van der Waals surface area contributed by atoms with Crippen LogP contribution in [0, 0.1) is 6.92 Å². The molecule has 1 aromatic heterocycles. The molecule has 2 fully saturated rings. The number of carbonyl (C=O) groups excluding carboxylic acids is 2. The highest BCUT2D eigenvalue weighted by molar-refractivity contribution is 5.89. The quantitative estimate of drug-likeness (QED) is 0.542. The SMILES string of the molecule is Cc1cc(-n2ccc(NC(=O)N3CCN(C(=O)C(C)(C)N)CC3)nc2=O)ccc1CN1CCC(N)CC1. The molecule has 0 aliphatic carbocycles. The number of nitrogens with two attached hydrogens (primary N) is 2. The first-order valence-corrected chi connectivity index (χ1v) is 12.8. The second-order valence-corrected chi connectivity index (χ2v) is 10.6. The molecule has 2 aliphatic heterocycles. The van der Waals surface area contributed by atoms with E-state index in [9.17, 15) is 14.4 Å². The molecule has 37 heavy (non-hydrogen) atoms. The van der Waals surface area contributed by atoms with Crippen molar-refractivity contribution in [2.45, 2.75) is 51.7 Å². The van der Waals surface area contributed by atoms with E-state index in [0.717, 1.165) is 43.7 Å². The van der Waals surface area contributed by atoms with Gasteiger partial charge in [-0.3, -0.25) is 19.6 Å². The zero-order valence-corrected chi connectivity index (χ0v) is 21.9. The number of benzene rings is 1. The van der Waals surface area contributed by atoms with Gasteiger partial charge in [0.25, 0.3) is 0 Å². The largest absolute Gasteiger partial charge is 0.354 e. The Kier molecular flexibility index (Phi) is 7.96. The van der Waals surface area contributed by atoms with Gasteiger partial charge in [-0.25, -0.2) is 9.59 Å². The van der Waals surface area contributed by atoms with E-state index in [1.165, 1.54) is 10.1 Å². The summed E-state index contributed by atoms with van der Waals surface area (Å²) in [5.41, 5.74) is 13.5. The van der Waals surface area contributed by atoms with Crippen LogP contribution in [0.1, 0.15) is 37.8 Å². The van der Waals surface area contributed by atoms with Crippen LogP contribution in [0.2, 0.25) is 0 Å². The third-order valence-corrected chi connectivity index (χ3v) is 7.07. The summed E-state index contributed by atoms with van der Waals surface area (Å²) in [4.78, 5) is 47.5. The number of likely N-dealkylation sites (tertiary alicyclic amines) is 1. The van der Waals surface area contributed by atoms with Crippen molar-refractivity contribution >= 4 is 17.8 Å². The lowest BCUT2D eigenvalue weighted by Crippen LogP contribution is -2.58. The van der Waals surface area contributed by atoms with Crippen molar-refractivity contribution < 1.29 is 9.59 Å². The van der Waals surface area contributed by atoms with Crippen LogP contribution in [0.25, 0.3) is 5.69 Å². The minimum atomic E-state index is -0.945. The molecule has 11 nitrogen and oxygen atoms in total. The van der Waals surface area contributed by atoms with Crippen LogP contribution in [0.3, 0.4) is 0 Å². The van der Waals surface area contributed by atoms with Crippen molar-refractivity contribution in [3.8, 4) is 5.69 Å². The van der Waals surface area contributed by atoms with Crippen LogP contribution < -0.4 is 22.5 Å². The zero-order valence-electron chi connectivity index (χ0n) is 21.9. The highest BCUT2D eigenvalue weighted by Gasteiger charge is 2.31. The molecule has 11 heteroatoms. The van der Waals surface area contributed by atoms with Gasteiger partial charge >= 0.3 is 11.7 Å². The van der Waals surface area contributed by atoms with Crippen LogP contribution in [0.15, 0.2) is 35.3 Å². The van der Waals surface area contributed by atoms with E-state index in [0.29, 0.717) is 32.2 Å². The van der Waals surface area contributed by atoms with Gasteiger partial charge in [-0.1, -0.05) is 6.07 Å². The second kappa shape index (κ2) is 11.0. The van der Waals surface area contributed by atoms with Crippen LogP contribution in [0.5, 0.6) is 0 Å². The molecule has 2 aromatic rings. The Bertz CT molecular complexity index is 1190. The molecular formula is C26H38N8O3. The zero-order chi connectivity index (χ0) is 26.7. The number of piperidine rings is 1. The number of rotatable bonds is 5. The molecule has 3 amide bonds. The first-order chi connectivity index (χ1) is 17.5. The van der Waals surface area contributed by atoms with E-state index in [2.05, 4.69) is 21.3 Å². The number of amides is 3. The molecule has 2 saturated heterocycles. The number of aromatic nitrogens is 2. The molecule has 200 valence electrons. The first-order valence-electron chi connectivity index (χ1n) is 12.8. The topological polar surface area (TPSA) is 143 Å². The lowest BCUT2D eigenvalue weighted by Gasteiger charge is -2.37. The normalized spacial score (nSPS) is 17.6. The van der Waals surface area contributed by atoms with Crippen molar-refractivity contribution in [1.29, 1.82) is 0 Å². The number of anilines is 1. The van der Waals surface area contributed by atoms with E-state index < -0.39 is 11.2 Å². The fourth-order valence-corrected chi connectivity index (χ4v) is 4.74. The second-order valence-electron chi connectivity index (χ2n) is 10.6. The summed E-state index contributed by atoms with van der Waals surface area (Å²) in [6.07, 6.45) is 3.65. The molecule has 0 atom stereocenters. The van der Waals surface area contributed by atoms with Crippen molar-refractivity contribution in [2.24, 2.45) is 11.5 Å². The molecule has 2 aliphatic rings. The van der Waals surface area contributed by atoms with Crippen molar-refractivity contribution in [3.63, 3.8) is 0 Å². The van der Waals surface area contributed by atoms with Gasteiger partial charge in [-0.05, 0) is 76.0 Å². The van der Waals surface area contributed by atoms with Gasteiger partial charge in [-0.15, -0.1) is 0 Å². The summed E-state index contributed by atoms with van der Waals surface area (Å²) in [6.45, 7) is 9.81. The van der Waals surface area contributed by atoms with E-state index >= 15 is 0 Å². The Labute approximate surface area is 217 Å². The molecule has 0 unspecified atom stereocenters. The number of carbonyl (C=O) groups is 2. The van der Waals surface area contributed by atoms with Crippen LogP contribution >= 0.6 is 0 Å². The minimum Gasteiger partial charge on any atom is -0.338 e. The number of nitrogens with one attached hydrogen (secondary N) is 1. The van der Waals surface area contributed by atoms with Crippen molar-refractivity contribution in [1.82, 2.24) is 24.3 Å². The Morgan fingerprint density at radius 1 is 1.05 bits per heavy atom. The summed E-state index contributed by atoms with van der Waals surface area (Å²) in [5.74, 6) is 0.0434. The van der Waals surface area contributed by atoms with E-state index in [1.807, 2.05) is 19.1 Å². The third-order valence-electron chi connectivity index (χ3n) is 7.07. The third kappa shape index (κ3) is 6.54. The number of nitrogens with zero attached hydrogens (tertiary/aromatic N) is 5. The van der Waals surface area contributed by atoms with Gasteiger partial charge in [0.15, 0.2) is 0 Å². The smallest absolute Gasteiger partial charge is 0.338 e. The monoisotopic (exact) mass is 510 g/mol. The molecule has 0 spiro atoms. The summed E-state index contributed by atoms with van der Waals surface area (Å²) >= 11 is 0. The summed E-state index contributed by atoms with van der Waals surface area (Å²) < 4.78 is 1.46. The predicted molar refractivity (Wildman–Crippen MR) is 142 cm³/mol. The Morgan fingerprint density at radius 2 is 1.70 bits per heavy atom. The number of aryl methyl sites for hydroxylation is 1. The lowest BCUT2D eigenvalue weighted by molar-refractivity contribution is -0.137. The molecular weight excluding hydrogens is 472 g/mol. The number of piperazine rings is 1. The van der Waals surface area contributed by atoms with Crippen molar-refractivity contribution in [3.05, 3.63) is 52.1 Å². The Morgan fingerprint density at radius 3 is 2.30 bits per heavy atom. The van der Waals surface area contributed by atoms with E-state index in [1.54, 1.807) is 35.9 Å². The van der Waals surface area contributed by atoms with E-state index in [-0.39, 0.29) is 17.8 Å². The maximum atomic E-state index is 12.8. The van der Waals surface area contributed by atoms with Gasteiger partial charge in [0, 0.05) is 45.0 Å². The Balaban J connectivity index is 1.36. The molecule has 0 bridgehead atoms. The lowest BCUT2D eigenvalue weighted by atomic mass is 10.0.